The third-order valence-electron chi connectivity index (χ3n) is 5.93. The predicted octanol–water partition coefficient (Wildman–Crippen LogP) is 2.19. The van der Waals surface area contributed by atoms with Crippen molar-refractivity contribution in [3.8, 4) is 6.07 Å². The van der Waals surface area contributed by atoms with Crippen LogP contribution in [-0.4, -0.2) is 51.8 Å². The number of hydrogen-bond donors (Lipinski definition) is 1. The largest absolute Gasteiger partial charge is 0.383 e. The second-order valence-corrected chi connectivity index (χ2v) is 7.56. The Hall–Kier alpha value is -3.04. The Balaban J connectivity index is 1.63. The Morgan fingerprint density at radius 1 is 1.17 bits per heavy atom. The van der Waals surface area contributed by atoms with Gasteiger partial charge in [-0.2, -0.15) is 5.26 Å². The number of ether oxygens (including phenoxy) is 1. The zero-order valence-corrected chi connectivity index (χ0v) is 16.7. The zero-order valence-electron chi connectivity index (χ0n) is 16.7. The van der Waals surface area contributed by atoms with Crippen LogP contribution in [0.4, 0.5) is 11.4 Å². The minimum atomic E-state index is -0.140. The summed E-state index contributed by atoms with van der Waals surface area (Å²) in [5.41, 5.74) is 4.08. The summed E-state index contributed by atoms with van der Waals surface area (Å²) in [5, 5.41) is 12.5. The molecule has 1 fully saturated rings. The standard InChI is InChI=1S/C23H26N4O2/c1-29-13-10-25-23(28)19-14-17-6-2-5-9-21(17)27-12-11-26(16-22(19)27)20-8-4-3-7-18(20)15-24/h2-9,19,22H,10-14,16H2,1H3,(H,25,28)/t19-,22-/m1/s1. The van der Waals surface area contributed by atoms with Crippen molar-refractivity contribution in [3.63, 3.8) is 0 Å². The van der Waals surface area contributed by atoms with Gasteiger partial charge in [-0.05, 0) is 30.2 Å². The summed E-state index contributed by atoms with van der Waals surface area (Å²) < 4.78 is 5.08. The summed E-state index contributed by atoms with van der Waals surface area (Å²) in [5.74, 6) is -0.0687. The van der Waals surface area contributed by atoms with Crippen LogP contribution >= 0.6 is 0 Å². The zero-order chi connectivity index (χ0) is 20.2. The molecule has 2 aliphatic heterocycles. The van der Waals surface area contributed by atoms with Crippen LogP contribution < -0.4 is 15.1 Å². The minimum absolute atomic E-state index is 0.0629. The molecule has 2 aromatic carbocycles. The van der Waals surface area contributed by atoms with Crippen molar-refractivity contribution in [2.24, 2.45) is 5.92 Å². The van der Waals surface area contributed by atoms with Crippen molar-refractivity contribution >= 4 is 17.3 Å². The topological polar surface area (TPSA) is 68.6 Å². The summed E-state index contributed by atoms with van der Waals surface area (Å²) in [6.45, 7) is 3.38. The molecule has 6 nitrogen and oxygen atoms in total. The number of hydrogen-bond acceptors (Lipinski definition) is 5. The quantitative estimate of drug-likeness (QED) is 0.793. The lowest BCUT2D eigenvalue weighted by Crippen LogP contribution is -2.61. The Bertz CT molecular complexity index is 923. The highest BCUT2D eigenvalue weighted by Crippen LogP contribution is 2.37. The Kier molecular flexibility index (Phi) is 5.68. The number of anilines is 2. The molecule has 0 bridgehead atoms. The van der Waals surface area contributed by atoms with E-state index in [4.69, 9.17) is 4.74 Å². The molecule has 2 aromatic rings. The summed E-state index contributed by atoms with van der Waals surface area (Å²) in [4.78, 5) is 17.7. The average molecular weight is 390 g/mol. The molecule has 150 valence electrons. The molecule has 1 saturated heterocycles. The van der Waals surface area contributed by atoms with Gasteiger partial charge < -0.3 is 19.9 Å². The van der Waals surface area contributed by atoms with Crippen LogP contribution in [0.3, 0.4) is 0 Å². The molecule has 6 heteroatoms. The van der Waals surface area contributed by atoms with E-state index in [2.05, 4.69) is 39.4 Å². The molecule has 29 heavy (non-hydrogen) atoms. The summed E-state index contributed by atoms with van der Waals surface area (Å²) in [6, 6.07) is 18.5. The Morgan fingerprint density at radius 2 is 1.93 bits per heavy atom. The van der Waals surface area contributed by atoms with Crippen molar-refractivity contribution in [2.45, 2.75) is 12.5 Å². The lowest BCUT2D eigenvalue weighted by Gasteiger charge is -2.49. The van der Waals surface area contributed by atoms with Gasteiger partial charge in [0, 0.05) is 39.0 Å². The SMILES string of the molecule is COCCNC(=O)[C@@H]1Cc2ccccc2N2CCN(c3ccccc3C#N)C[C@H]12. The van der Waals surface area contributed by atoms with Crippen LogP contribution in [0.1, 0.15) is 11.1 Å². The number of carbonyl (C=O) groups excluding carboxylic acids is 1. The molecule has 2 aliphatic rings. The fourth-order valence-corrected chi connectivity index (χ4v) is 4.53. The first kappa shape index (κ1) is 19.3. The molecular weight excluding hydrogens is 364 g/mol. The van der Waals surface area contributed by atoms with Gasteiger partial charge in [0.15, 0.2) is 0 Å². The first-order chi connectivity index (χ1) is 14.2. The number of para-hydroxylation sites is 2. The molecule has 1 amide bonds. The van der Waals surface area contributed by atoms with E-state index in [1.54, 1.807) is 7.11 Å². The highest BCUT2D eigenvalue weighted by Gasteiger charge is 2.41. The number of methoxy groups -OCH3 is 1. The summed E-state index contributed by atoms with van der Waals surface area (Å²) >= 11 is 0. The second kappa shape index (κ2) is 8.54. The highest BCUT2D eigenvalue weighted by molar-refractivity contribution is 5.82. The lowest BCUT2D eigenvalue weighted by atomic mass is 9.83. The van der Waals surface area contributed by atoms with Gasteiger partial charge in [-0.15, -0.1) is 0 Å². The Morgan fingerprint density at radius 3 is 2.72 bits per heavy atom. The first-order valence-electron chi connectivity index (χ1n) is 10.1. The second-order valence-electron chi connectivity index (χ2n) is 7.56. The van der Waals surface area contributed by atoms with Crippen molar-refractivity contribution in [3.05, 3.63) is 59.7 Å². The van der Waals surface area contributed by atoms with E-state index < -0.39 is 0 Å². The summed E-state index contributed by atoms with van der Waals surface area (Å²) in [7, 11) is 1.64. The number of nitrogens with zero attached hydrogens (tertiary/aromatic N) is 3. The molecule has 2 heterocycles. The molecule has 0 unspecified atom stereocenters. The van der Waals surface area contributed by atoms with Gasteiger partial charge in [-0.1, -0.05) is 30.3 Å². The molecule has 4 rings (SSSR count). The average Bonchev–Trinajstić information content (AvgIpc) is 2.78. The van der Waals surface area contributed by atoms with Crippen molar-refractivity contribution in [2.75, 3.05) is 49.7 Å². The van der Waals surface area contributed by atoms with E-state index in [0.717, 1.165) is 31.7 Å². The smallest absolute Gasteiger partial charge is 0.225 e. The molecule has 0 aliphatic carbocycles. The number of benzene rings is 2. The van der Waals surface area contributed by atoms with Gasteiger partial charge in [0.2, 0.25) is 5.91 Å². The number of rotatable bonds is 5. The molecule has 2 atom stereocenters. The Labute approximate surface area is 171 Å². The number of amides is 1. The molecule has 0 spiro atoms. The van der Waals surface area contributed by atoms with Crippen molar-refractivity contribution in [1.82, 2.24) is 5.32 Å². The van der Waals surface area contributed by atoms with Crippen molar-refractivity contribution in [1.29, 1.82) is 5.26 Å². The molecule has 0 aromatic heterocycles. The highest BCUT2D eigenvalue weighted by atomic mass is 16.5. The van der Waals surface area contributed by atoms with Crippen LogP contribution in [0.5, 0.6) is 0 Å². The first-order valence-corrected chi connectivity index (χ1v) is 10.1. The van der Waals surface area contributed by atoms with E-state index in [9.17, 15) is 10.1 Å². The molecular formula is C23H26N4O2. The van der Waals surface area contributed by atoms with Gasteiger partial charge in [0.1, 0.15) is 6.07 Å². The van der Waals surface area contributed by atoms with Crippen LogP contribution in [0.25, 0.3) is 0 Å². The van der Waals surface area contributed by atoms with Gasteiger partial charge in [0.25, 0.3) is 0 Å². The minimum Gasteiger partial charge on any atom is -0.383 e. The monoisotopic (exact) mass is 390 g/mol. The number of nitrogens with one attached hydrogen (secondary N) is 1. The van der Waals surface area contributed by atoms with E-state index in [0.29, 0.717) is 18.7 Å². The van der Waals surface area contributed by atoms with Gasteiger partial charge in [-0.25, -0.2) is 0 Å². The fourth-order valence-electron chi connectivity index (χ4n) is 4.53. The van der Waals surface area contributed by atoms with Crippen LogP contribution in [0.2, 0.25) is 0 Å². The number of piperazine rings is 1. The summed E-state index contributed by atoms with van der Waals surface area (Å²) in [6.07, 6.45) is 0.726. The van der Waals surface area contributed by atoms with E-state index in [1.165, 1.54) is 11.3 Å². The maximum absolute atomic E-state index is 13.0. The normalized spacial score (nSPS) is 20.4. The van der Waals surface area contributed by atoms with Crippen LogP contribution in [0, 0.1) is 17.2 Å². The predicted molar refractivity (Wildman–Crippen MR) is 113 cm³/mol. The number of fused-ring (bicyclic) bond motifs is 3. The van der Waals surface area contributed by atoms with Crippen LogP contribution in [0.15, 0.2) is 48.5 Å². The molecule has 1 N–H and O–H groups in total. The number of nitriles is 1. The number of carbonyl (C=O) groups is 1. The van der Waals surface area contributed by atoms with Crippen molar-refractivity contribution < 1.29 is 9.53 Å². The third kappa shape index (κ3) is 3.79. The maximum Gasteiger partial charge on any atom is 0.225 e. The van der Waals surface area contributed by atoms with Crippen LogP contribution in [-0.2, 0) is 16.0 Å². The fraction of sp³-hybridized carbons (Fsp3) is 0.391. The van der Waals surface area contributed by atoms with E-state index >= 15 is 0 Å². The molecule has 0 saturated carbocycles. The van der Waals surface area contributed by atoms with E-state index in [-0.39, 0.29) is 17.9 Å². The van der Waals surface area contributed by atoms with Gasteiger partial charge >= 0.3 is 0 Å². The molecule has 0 radical (unpaired) electrons. The van der Waals surface area contributed by atoms with Gasteiger partial charge in [-0.3, -0.25) is 4.79 Å². The van der Waals surface area contributed by atoms with E-state index in [1.807, 2.05) is 30.3 Å². The third-order valence-corrected chi connectivity index (χ3v) is 5.93. The van der Waals surface area contributed by atoms with Gasteiger partial charge in [0.05, 0.1) is 29.8 Å². The maximum atomic E-state index is 13.0. The lowest BCUT2D eigenvalue weighted by molar-refractivity contribution is -0.126.